The topological polar surface area (TPSA) is 120 Å². The minimum Gasteiger partial charge on any atom is -0.392 e. The van der Waals surface area contributed by atoms with Gasteiger partial charge in [-0.05, 0) is 6.92 Å². The fourth-order valence-electron chi connectivity index (χ4n) is 2.08. The molecular weight excluding hydrogens is 381 g/mol. The second-order valence-corrected chi connectivity index (χ2v) is 7.60. The summed E-state index contributed by atoms with van der Waals surface area (Å²) in [4.78, 5) is 27.1. The zero-order chi connectivity index (χ0) is 17.9. The molecule has 0 bridgehead atoms. The summed E-state index contributed by atoms with van der Waals surface area (Å²) in [6, 6.07) is -0.466. The predicted molar refractivity (Wildman–Crippen MR) is 92.6 cm³/mol. The molecule has 12 heteroatoms. The van der Waals surface area contributed by atoms with Crippen LogP contribution in [0, 0.1) is 0 Å². The number of hydrogen-bond acceptors (Lipinski definition) is 7. The zero-order valence-electron chi connectivity index (χ0n) is 12.9. The number of hydrogen-bond donors (Lipinski definition) is 3. The van der Waals surface area contributed by atoms with Gasteiger partial charge in [0.25, 0.3) is 0 Å². The number of urea groups is 1. The zero-order valence-corrected chi connectivity index (χ0v) is 15.2. The molecule has 1 saturated heterocycles. The molecule has 24 heavy (non-hydrogen) atoms. The molecule has 1 atom stereocenters. The van der Waals surface area contributed by atoms with Gasteiger partial charge < -0.3 is 26.0 Å². The van der Waals surface area contributed by atoms with Gasteiger partial charge in [-0.2, -0.15) is 15.0 Å². The van der Waals surface area contributed by atoms with E-state index in [0.717, 1.165) is 0 Å². The number of aromatic nitrogens is 3. The molecule has 0 aromatic carbocycles. The van der Waals surface area contributed by atoms with Crippen LogP contribution in [0.1, 0.15) is 12.7 Å². The lowest BCUT2D eigenvalue weighted by atomic mass is 10.3. The number of halogens is 3. The summed E-state index contributed by atoms with van der Waals surface area (Å²) < 4.78 is -1.81. The van der Waals surface area contributed by atoms with Crippen molar-refractivity contribution in [1.29, 1.82) is 0 Å². The number of carbonyl (C=O) groups is 1. The molecule has 2 amide bonds. The summed E-state index contributed by atoms with van der Waals surface area (Å²) in [6.07, 6.45) is -0.597. The van der Waals surface area contributed by atoms with Gasteiger partial charge in [0.05, 0.1) is 6.10 Å². The molecule has 1 aliphatic heterocycles. The first-order valence-corrected chi connectivity index (χ1v) is 8.34. The minimum absolute atomic E-state index is 0.0251. The number of nitrogens with two attached hydrogens (primary N) is 1. The Kier molecular flexibility index (Phi) is 6.13. The smallest absolute Gasteiger partial charge is 0.314 e. The molecule has 1 aromatic rings. The molecule has 2 heterocycles. The number of aliphatic hydroxyl groups is 1. The van der Waals surface area contributed by atoms with Crippen LogP contribution in [0.2, 0.25) is 0 Å². The fraction of sp³-hybridized carbons (Fsp3) is 0.667. The third-order valence-corrected chi connectivity index (χ3v) is 3.81. The van der Waals surface area contributed by atoms with E-state index in [1.807, 2.05) is 4.90 Å². The van der Waals surface area contributed by atoms with Gasteiger partial charge >= 0.3 is 6.03 Å². The van der Waals surface area contributed by atoms with Crippen molar-refractivity contribution in [3.05, 3.63) is 5.82 Å². The predicted octanol–water partition coefficient (Wildman–Crippen LogP) is 0.692. The first-order valence-electron chi connectivity index (χ1n) is 7.21. The number of amides is 2. The molecule has 9 nitrogen and oxygen atoms in total. The Morgan fingerprint density at radius 2 is 1.92 bits per heavy atom. The number of nitrogens with zero attached hydrogens (tertiary/aromatic N) is 5. The molecule has 0 saturated carbocycles. The quantitative estimate of drug-likeness (QED) is 0.638. The van der Waals surface area contributed by atoms with Gasteiger partial charge in [0, 0.05) is 32.7 Å². The molecule has 1 unspecified atom stereocenters. The van der Waals surface area contributed by atoms with E-state index < -0.39 is 15.9 Å². The van der Waals surface area contributed by atoms with E-state index in [2.05, 4.69) is 20.3 Å². The molecule has 134 valence electrons. The van der Waals surface area contributed by atoms with E-state index in [0.29, 0.717) is 32.1 Å². The Hall–Kier alpha value is -1.29. The summed E-state index contributed by atoms with van der Waals surface area (Å²) in [7, 11) is 0. The Morgan fingerprint density at radius 3 is 2.42 bits per heavy atom. The SMILES string of the molecule is CC(O)CNc1nc(N2CCN(C(N)=O)CC2)nc(C(Cl)(Cl)Cl)n1. The lowest BCUT2D eigenvalue weighted by Gasteiger charge is -2.34. The van der Waals surface area contributed by atoms with E-state index in [4.69, 9.17) is 40.5 Å². The molecule has 2 rings (SSSR count). The summed E-state index contributed by atoms with van der Waals surface area (Å²) in [5.74, 6) is 0.492. The van der Waals surface area contributed by atoms with Gasteiger partial charge in [-0.25, -0.2) is 4.79 Å². The highest BCUT2D eigenvalue weighted by atomic mass is 35.6. The molecule has 1 aliphatic rings. The van der Waals surface area contributed by atoms with Gasteiger partial charge in [0.2, 0.25) is 15.7 Å². The first-order chi connectivity index (χ1) is 11.2. The number of anilines is 2. The second kappa shape index (κ2) is 7.73. The van der Waals surface area contributed by atoms with Gasteiger partial charge in [-0.1, -0.05) is 34.8 Å². The third-order valence-electron chi connectivity index (χ3n) is 3.31. The van der Waals surface area contributed by atoms with Gasteiger partial charge in [-0.15, -0.1) is 0 Å². The average Bonchev–Trinajstić information content (AvgIpc) is 2.52. The van der Waals surface area contributed by atoms with Crippen LogP contribution in [0.4, 0.5) is 16.7 Å². The number of nitrogens with one attached hydrogen (secondary N) is 1. The van der Waals surface area contributed by atoms with Crippen molar-refractivity contribution in [3.63, 3.8) is 0 Å². The maximum Gasteiger partial charge on any atom is 0.314 e. The molecule has 1 aromatic heterocycles. The van der Waals surface area contributed by atoms with E-state index >= 15 is 0 Å². The largest absolute Gasteiger partial charge is 0.392 e. The van der Waals surface area contributed by atoms with Crippen LogP contribution in [-0.4, -0.2) is 69.8 Å². The normalized spacial score (nSPS) is 16.9. The number of aliphatic hydroxyl groups excluding tert-OH is 1. The van der Waals surface area contributed by atoms with Crippen LogP contribution < -0.4 is 16.0 Å². The lowest BCUT2D eigenvalue weighted by Crippen LogP contribution is -2.51. The summed E-state index contributed by atoms with van der Waals surface area (Å²) in [6.45, 7) is 3.72. The van der Waals surface area contributed by atoms with Crippen molar-refractivity contribution in [2.24, 2.45) is 5.73 Å². The van der Waals surface area contributed by atoms with E-state index in [-0.39, 0.29) is 18.3 Å². The molecule has 1 fully saturated rings. The minimum atomic E-state index is -1.81. The van der Waals surface area contributed by atoms with Crippen molar-refractivity contribution < 1.29 is 9.90 Å². The second-order valence-electron chi connectivity index (χ2n) is 5.32. The third kappa shape index (κ3) is 5.10. The van der Waals surface area contributed by atoms with Crippen LogP contribution in [0.15, 0.2) is 0 Å². The highest BCUT2D eigenvalue weighted by molar-refractivity contribution is 6.66. The van der Waals surface area contributed by atoms with Crippen molar-refractivity contribution >= 4 is 52.7 Å². The highest BCUT2D eigenvalue weighted by Crippen LogP contribution is 2.36. The van der Waals surface area contributed by atoms with Crippen LogP contribution in [0.5, 0.6) is 0 Å². The maximum absolute atomic E-state index is 11.2. The van der Waals surface area contributed by atoms with Gasteiger partial charge in [0.1, 0.15) is 0 Å². The Labute approximate surface area is 154 Å². The molecule has 4 N–H and O–H groups in total. The average molecular weight is 399 g/mol. The molecule has 0 spiro atoms. The van der Waals surface area contributed by atoms with Crippen LogP contribution in [0.25, 0.3) is 0 Å². The fourth-order valence-corrected chi connectivity index (χ4v) is 2.33. The number of rotatable bonds is 4. The van der Waals surface area contributed by atoms with E-state index in [1.54, 1.807) is 6.92 Å². The van der Waals surface area contributed by atoms with Crippen molar-refractivity contribution in [1.82, 2.24) is 19.9 Å². The summed E-state index contributed by atoms with van der Waals surface area (Å²) in [5, 5.41) is 12.2. The Morgan fingerprint density at radius 1 is 1.29 bits per heavy atom. The highest BCUT2D eigenvalue weighted by Gasteiger charge is 2.30. The standard InChI is InChI=1S/C12H18Cl3N7O2/c1-7(23)6-17-10-18-8(12(13,14)15)19-11(20-10)22-4-2-21(3-5-22)9(16)24/h7,23H,2-6H2,1H3,(H2,16,24)(H,17,18,19,20). The van der Waals surface area contributed by atoms with Crippen molar-refractivity contribution in [2.75, 3.05) is 42.9 Å². The molecule has 0 aliphatic carbocycles. The molecular formula is C12H18Cl3N7O2. The van der Waals surface area contributed by atoms with E-state index in [1.165, 1.54) is 4.90 Å². The number of alkyl halides is 3. The van der Waals surface area contributed by atoms with Crippen LogP contribution in [-0.2, 0) is 3.79 Å². The van der Waals surface area contributed by atoms with Crippen LogP contribution >= 0.6 is 34.8 Å². The number of primary amides is 1. The maximum atomic E-state index is 11.2. The Bertz CT molecular complexity index is 589. The van der Waals surface area contributed by atoms with Crippen molar-refractivity contribution in [3.8, 4) is 0 Å². The first kappa shape index (κ1) is 19.0. The lowest BCUT2D eigenvalue weighted by molar-refractivity contribution is 0.204. The van der Waals surface area contributed by atoms with Crippen LogP contribution in [0.3, 0.4) is 0 Å². The van der Waals surface area contributed by atoms with Gasteiger partial charge in [0.15, 0.2) is 5.82 Å². The number of piperazine rings is 1. The Balaban J connectivity index is 2.22. The van der Waals surface area contributed by atoms with Crippen molar-refractivity contribution in [2.45, 2.75) is 16.8 Å². The van der Waals surface area contributed by atoms with E-state index in [9.17, 15) is 9.90 Å². The van der Waals surface area contributed by atoms with Gasteiger partial charge in [-0.3, -0.25) is 0 Å². The summed E-state index contributed by atoms with van der Waals surface area (Å²) in [5.41, 5.74) is 5.27. The number of carbonyl (C=O) groups excluding carboxylic acids is 1. The summed E-state index contributed by atoms with van der Waals surface area (Å²) >= 11 is 17.6. The monoisotopic (exact) mass is 397 g/mol. The molecule has 0 radical (unpaired) electrons.